The first-order chi connectivity index (χ1) is 12.3. The van der Waals surface area contributed by atoms with Crippen molar-refractivity contribution in [1.29, 1.82) is 0 Å². The smallest absolute Gasteiger partial charge is 0.233 e. The van der Waals surface area contributed by atoms with Gasteiger partial charge in [-0.15, -0.1) is 5.10 Å². The van der Waals surface area contributed by atoms with E-state index in [1.807, 2.05) is 34.7 Å². The van der Waals surface area contributed by atoms with E-state index in [-0.39, 0.29) is 5.91 Å². The number of likely N-dealkylation sites (N-methyl/N-ethyl adjacent to an activating group) is 1. The van der Waals surface area contributed by atoms with Crippen molar-refractivity contribution < 1.29 is 4.79 Å². The Balaban J connectivity index is 1.51. The minimum absolute atomic E-state index is 0.143. The molecule has 6 nitrogen and oxygen atoms in total. The number of aromatic nitrogens is 4. The maximum atomic E-state index is 12.6. The monoisotopic (exact) mass is 359 g/mol. The third-order valence-electron chi connectivity index (χ3n) is 4.71. The number of carbonyl (C=O) groups excluding carboxylic acids is 1. The number of hydrogen-bond donors (Lipinski definition) is 0. The van der Waals surface area contributed by atoms with Crippen molar-refractivity contribution in [2.24, 2.45) is 0 Å². The van der Waals surface area contributed by atoms with Crippen LogP contribution in [-0.2, 0) is 11.2 Å². The summed E-state index contributed by atoms with van der Waals surface area (Å²) in [4.78, 5) is 14.5. The van der Waals surface area contributed by atoms with Crippen LogP contribution in [0.3, 0.4) is 0 Å². The summed E-state index contributed by atoms with van der Waals surface area (Å²) < 4.78 is 1.91. The minimum atomic E-state index is 0.143. The van der Waals surface area contributed by atoms with Gasteiger partial charge in [-0.2, -0.15) is 0 Å². The van der Waals surface area contributed by atoms with Gasteiger partial charge < -0.3 is 4.90 Å². The summed E-state index contributed by atoms with van der Waals surface area (Å²) in [7, 11) is 0. The number of amides is 1. The third kappa shape index (κ3) is 4.81. The lowest BCUT2D eigenvalue weighted by atomic mass is 10.1. The molecule has 0 N–H and O–H groups in total. The Kier molecular flexibility index (Phi) is 6.44. The van der Waals surface area contributed by atoms with E-state index in [4.69, 9.17) is 0 Å². The summed E-state index contributed by atoms with van der Waals surface area (Å²) >= 11 is 1.45. The lowest BCUT2D eigenvalue weighted by molar-refractivity contribution is -0.128. The predicted octanol–water partition coefficient (Wildman–Crippen LogP) is 2.97. The molecule has 25 heavy (non-hydrogen) atoms. The minimum Gasteiger partial charge on any atom is -0.342 e. The molecular formula is C18H25N5OS. The zero-order valence-corrected chi connectivity index (χ0v) is 15.5. The van der Waals surface area contributed by atoms with Crippen molar-refractivity contribution in [3.8, 4) is 0 Å². The standard InChI is InChI=1S/C18H25N5OS/c1-2-22(13-12-15-8-4-3-5-9-15)17(24)14-25-18-19-20-21-23(18)16-10-6-7-11-16/h3-5,8-9,16H,2,6-7,10-14H2,1H3. The molecule has 2 aromatic rings. The number of rotatable bonds is 8. The average molecular weight is 359 g/mol. The Bertz CT molecular complexity index is 669. The number of nitrogens with zero attached hydrogens (tertiary/aromatic N) is 5. The molecule has 1 aromatic heterocycles. The van der Waals surface area contributed by atoms with Crippen LogP contribution in [0.1, 0.15) is 44.2 Å². The molecule has 1 heterocycles. The molecule has 7 heteroatoms. The second kappa shape index (κ2) is 8.99. The van der Waals surface area contributed by atoms with Crippen molar-refractivity contribution in [2.45, 2.75) is 50.2 Å². The third-order valence-corrected chi connectivity index (χ3v) is 5.62. The summed E-state index contributed by atoms with van der Waals surface area (Å²) in [5, 5.41) is 12.8. The normalized spacial score (nSPS) is 14.8. The molecule has 0 spiro atoms. The zero-order chi connectivity index (χ0) is 17.5. The van der Waals surface area contributed by atoms with E-state index in [9.17, 15) is 4.79 Å². The first-order valence-electron chi connectivity index (χ1n) is 9.00. The van der Waals surface area contributed by atoms with E-state index in [1.54, 1.807) is 0 Å². The van der Waals surface area contributed by atoms with Gasteiger partial charge in [0.05, 0.1) is 11.8 Å². The molecule has 0 saturated heterocycles. The number of thioether (sulfide) groups is 1. The van der Waals surface area contributed by atoms with Gasteiger partial charge in [0.2, 0.25) is 11.1 Å². The van der Waals surface area contributed by atoms with Gasteiger partial charge in [0, 0.05) is 13.1 Å². The zero-order valence-electron chi connectivity index (χ0n) is 14.7. The molecule has 0 unspecified atom stereocenters. The van der Waals surface area contributed by atoms with E-state index in [2.05, 4.69) is 27.7 Å². The van der Waals surface area contributed by atoms with Gasteiger partial charge in [-0.25, -0.2) is 4.68 Å². The summed E-state index contributed by atoms with van der Waals surface area (Å²) in [6, 6.07) is 10.7. The van der Waals surface area contributed by atoms with Gasteiger partial charge in [0.1, 0.15) is 0 Å². The van der Waals surface area contributed by atoms with Crippen LogP contribution in [0.15, 0.2) is 35.5 Å². The fourth-order valence-corrected chi connectivity index (χ4v) is 4.09. The SMILES string of the molecule is CCN(CCc1ccccc1)C(=O)CSc1nnnn1C1CCCC1. The number of benzene rings is 1. The summed E-state index contributed by atoms with van der Waals surface area (Å²) in [5.74, 6) is 0.528. The van der Waals surface area contributed by atoms with Crippen LogP contribution in [0.5, 0.6) is 0 Å². The van der Waals surface area contributed by atoms with Gasteiger partial charge in [-0.3, -0.25) is 4.79 Å². The van der Waals surface area contributed by atoms with Crippen LogP contribution in [-0.4, -0.2) is 49.9 Å². The Morgan fingerprint density at radius 2 is 2.04 bits per heavy atom. The number of carbonyl (C=O) groups is 1. The molecule has 134 valence electrons. The highest BCUT2D eigenvalue weighted by Gasteiger charge is 2.22. The lowest BCUT2D eigenvalue weighted by Gasteiger charge is -2.20. The first-order valence-corrected chi connectivity index (χ1v) is 9.99. The Hall–Kier alpha value is -1.89. The van der Waals surface area contributed by atoms with Gasteiger partial charge in [-0.05, 0) is 42.2 Å². The van der Waals surface area contributed by atoms with E-state index in [0.717, 1.165) is 37.5 Å². The van der Waals surface area contributed by atoms with Crippen molar-refractivity contribution in [1.82, 2.24) is 25.1 Å². The maximum Gasteiger partial charge on any atom is 0.233 e. The Morgan fingerprint density at radius 3 is 2.76 bits per heavy atom. The highest BCUT2D eigenvalue weighted by Crippen LogP contribution is 2.31. The van der Waals surface area contributed by atoms with Gasteiger partial charge >= 0.3 is 0 Å². The molecule has 1 aliphatic carbocycles. The molecular weight excluding hydrogens is 334 g/mol. The molecule has 0 bridgehead atoms. The molecule has 1 saturated carbocycles. The van der Waals surface area contributed by atoms with Crippen LogP contribution in [0, 0.1) is 0 Å². The molecule has 1 aromatic carbocycles. The quantitative estimate of drug-likeness (QED) is 0.678. The second-order valence-corrected chi connectivity index (χ2v) is 7.28. The fourth-order valence-electron chi connectivity index (χ4n) is 3.24. The molecule has 0 radical (unpaired) electrons. The van der Waals surface area contributed by atoms with Gasteiger partial charge in [0.25, 0.3) is 0 Å². The Morgan fingerprint density at radius 1 is 1.28 bits per heavy atom. The van der Waals surface area contributed by atoms with E-state index >= 15 is 0 Å². The summed E-state index contributed by atoms with van der Waals surface area (Å²) in [5.41, 5.74) is 1.26. The van der Waals surface area contributed by atoms with Crippen molar-refractivity contribution in [3.63, 3.8) is 0 Å². The molecule has 1 aliphatic rings. The molecule has 1 amide bonds. The van der Waals surface area contributed by atoms with Crippen LogP contribution in [0.25, 0.3) is 0 Å². The van der Waals surface area contributed by atoms with Crippen molar-refractivity contribution in [3.05, 3.63) is 35.9 Å². The highest BCUT2D eigenvalue weighted by atomic mass is 32.2. The topological polar surface area (TPSA) is 63.9 Å². The fraction of sp³-hybridized carbons (Fsp3) is 0.556. The van der Waals surface area contributed by atoms with E-state index in [1.165, 1.54) is 30.2 Å². The predicted molar refractivity (Wildman–Crippen MR) is 98.4 cm³/mol. The average Bonchev–Trinajstić information content (AvgIpc) is 3.32. The second-order valence-electron chi connectivity index (χ2n) is 6.34. The summed E-state index contributed by atoms with van der Waals surface area (Å²) in [6.07, 6.45) is 5.60. The first kappa shape index (κ1) is 17.9. The van der Waals surface area contributed by atoms with Crippen LogP contribution < -0.4 is 0 Å². The molecule has 0 aliphatic heterocycles. The molecule has 0 atom stereocenters. The van der Waals surface area contributed by atoms with Gasteiger partial charge in [-0.1, -0.05) is 54.9 Å². The largest absolute Gasteiger partial charge is 0.342 e. The van der Waals surface area contributed by atoms with Crippen LogP contribution in [0.2, 0.25) is 0 Å². The highest BCUT2D eigenvalue weighted by molar-refractivity contribution is 7.99. The Labute approximate surface area is 153 Å². The molecule has 3 rings (SSSR count). The van der Waals surface area contributed by atoms with Crippen molar-refractivity contribution >= 4 is 17.7 Å². The summed E-state index contributed by atoms with van der Waals surface area (Å²) in [6.45, 7) is 3.49. The van der Waals surface area contributed by atoms with E-state index in [0.29, 0.717) is 11.8 Å². The molecule has 1 fully saturated rings. The van der Waals surface area contributed by atoms with E-state index < -0.39 is 0 Å². The lowest BCUT2D eigenvalue weighted by Crippen LogP contribution is -2.34. The van der Waals surface area contributed by atoms with Crippen molar-refractivity contribution in [2.75, 3.05) is 18.8 Å². The van der Waals surface area contributed by atoms with Gasteiger partial charge in [0.15, 0.2) is 0 Å². The van der Waals surface area contributed by atoms with Crippen LogP contribution in [0.4, 0.5) is 0 Å². The number of hydrogen-bond acceptors (Lipinski definition) is 5. The number of tetrazole rings is 1. The van der Waals surface area contributed by atoms with Crippen LogP contribution >= 0.6 is 11.8 Å². The maximum absolute atomic E-state index is 12.6.